The second kappa shape index (κ2) is 6.40. The van der Waals surface area contributed by atoms with Gasteiger partial charge >= 0.3 is 0 Å². The van der Waals surface area contributed by atoms with E-state index in [0.29, 0.717) is 6.54 Å². The predicted molar refractivity (Wildman–Crippen MR) is 86.5 cm³/mol. The minimum atomic E-state index is -0.547. The van der Waals surface area contributed by atoms with Crippen LogP contribution in [0.4, 0.5) is 0 Å². The van der Waals surface area contributed by atoms with Gasteiger partial charge in [0.2, 0.25) is 5.91 Å². The van der Waals surface area contributed by atoms with Gasteiger partial charge in [0, 0.05) is 11.4 Å². The maximum absolute atomic E-state index is 12.5. The average Bonchev–Trinajstić information content (AvgIpc) is 3.17. The predicted octanol–water partition coefficient (Wildman–Crippen LogP) is 2.98. The van der Waals surface area contributed by atoms with Gasteiger partial charge < -0.3 is 4.90 Å². The van der Waals surface area contributed by atoms with Crippen LogP contribution < -0.4 is 5.56 Å². The van der Waals surface area contributed by atoms with E-state index in [1.165, 1.54) is 11.1 Å². The molecule has 22 heavy (non-hydrogen) atoms. The van der Waals surface area contributed by atoms with Gasteiger partial charge in [-0.25, -0.2) is 4.68 Å². The lowest BCUT2D eigenvalue weighted by Gasteiger charge is -2.24. The van der Waals surface area contributed by atoms with E-state index in [-0.39, 0.29) is 28.5 Å². The summed E-state index contributed by atoms with van der Waals surface area (Å²) in [6.07, 6.45) is 3.17. The number of likely N-dealkylation sites (tertiary alicyclic amines) is 1. The molecular formula is C14H13Cl2N3O2S. The van der Waals surface area contributed by atoms with Crippen LogP contribution in [0.3, 0.4) is 0 Å². The Balaban J connectivity index is 1.80. The first-order valence-corrected chi connectivity index (χ1v) is 8.45. The number of halogens is 2. The van der Waals surface area contributed by atoms with Gasteiger partial charge in [-0.3, -0.25) is 9.59 Å². The molecule has 0 spiro atoms. The number of nitrogens with zero attached hydrogens (tertiary/aromatic N) is 3. The topological polar surface area (TPSA) is 55.2 Å². The van der Waals surface area contributed by atoms with E-state index in [4.69, 9.17) is 23.2 Å². The van der Waals surface area contributed by atoms with Crippen molar-refractivity contribution in [2.24, 2.45) is 0 Å². The van der Waals surface area contributed by atoms with Crippen LogP contribution in [-0.4, -0.2) is 27.1 Å². The van der Waals surface area contributed by atoms with Crippen molar-refractivity contribution in [1.29, 1.82) is 0 Å². The molecule has 1 atom stereocenters. The number of hydrogen-bond acceptors (Lipinski definition) is 4. The van der Waals surface area contributed by atoms with Crippen LogP contribution in [0.25, 0.3) is 0 Å². The molecule has 3 heterocycles. The molecule has 1 fully saturated rings. The summed E-state index contributed by atoms with van der Waals surface area (Å²) in [5.74, 6) is -0.135. The highest BCUT2D eigenvalue weighted by atomic mass is 35.5. The molecule has 3 rings (SSSR count). The Labute approximate surface area is 141 Å². The molecular weight excluding hydrogens is 345 g/mol. The lowest BCUT2D eigenvalue weighted by molar-refractivity contribution is -0.133. The third-order valence-electron chi connectivity index (χ3n) is 3.67. The Kier molecular flexibility index (Phi) is 4.52. The van der Waals surface area contributed by atoms with Crippen molar-refractivity contribution >= 4 is 40.4 Å². The minimum Gasteiger partial charge on any atom is -0.333 e. The van der Waals surface area contributed by atoms with Crippen LogP contribution in [0.5, 0.6) is 0 Å². The number of aromatic nitrogens is 2. The van der Waals surface area contributed by atoms with Gasteiger partial charge in [-0.15, -0.1) is 11.3 Å². The number of thiophene rings is 1. The third-order valence-corrected chi connectivity index (χ3v) is 5.39. The highest BCUT2D eigenvalue weighted by Gasteiger charge is 2.30. The Morgan fingerprint density at radius 2 is 2.27 bits per heavy atom. The molecule has 1 saturated heterocycles. The van der Waals surface area contributed by atoms with E-state index in [0.717, 1.165) is 17.5 Å². The number of rotatable bonds is 3. The Morgan fingerprint density at radius 1 is 1.45 bits per heavy atom. The molecule has 0 aliphatic carbocycles. The quantitative estimate of drug-likeness (QED) is 0.848. The van der Waals surface area contributed by atoms with E-state index in [1.807, 2.05) is 22.4 Å². The number of carbonyl (C=O) groups excluding carboxylic acids is 1. The van der Waals surface area contributed by atoms with Crippen molar-refractivity contribution < 1.29 is 4.79 Å². The van der Waals surface area contributed by atoms with Gasteiger partial charge in [0.25, 0.3) is 5.56 Å². The fourth-order valence-electron chi connectivity index (χ4n) is 2.62. The van der Waals surface area contributed by atoms with Gasteiger partial charge in [-0.2, -0.15) is 5.10 Å². The summed E-state index contributed by atoms with van der Waals surface area (Å²) >= 11 is 13.2. The maximum Gasteiger partial charge on any atom is 0.287 e. The SMILES string of the molecule is O=C(Cn1ncc(Cl)c(Cl)c1=O)N1CCC[C@H]1c1cccs1. The van der Waals surface area contributed by atoms with Crippen molar-refractivity contribution in [3.05, 3.63) is 49.0 Å². The van der Waals surface area contributed by atoms with Gasteiger partial charge in [0.05, 0.1) is 17.3 Å². The summed E-state index contributed by atoms with van der Waals surface area (Å²) in [5.41, 5.74) is -0.547. The zero-order valence-electron chi connectivity index (χ0n) is 11.5. The fraction of sp³-hybridized carbons (Fsp3) is 0.357. The van der Waals surface area contributed by atoms with Crippen molar-refractivity contribution in [2.75, 3.05) is 6.54 Å². The first-order chi connectivity index (χ1) is 10.6. The van der Waals surface area contributed by atoms with Crippen molar-refractivity contribution in [2.45, 2.75) is 25.4 Å². The Bertz CT molecular complexity index is 745. The molecule has 0 radical (unpaired) electrons. The van der Waals surface area contributed by atoms with E-state index in [1.54, 1.807) is 11.3 Å². The number of hydrogen-bond donors (Lipinski definition) is 0. The molecule has 1 aliphatic heterocycles. The molecule has 2 aromatic heterocycles. The Hall–Kier alpha value is -1.37. The highest BCUT2D eigenvalue weighted by Crippen LogP contribution is 2.34. The highest BCUT2D eigenvalue weighted by molar-refractivity contribution is 7.10. The van der Waals surface area contributed by atoms with Crippen molar-refractivity contribution in [1.82, 2.24) is 14.7 Å². The van der Waals surface area contributed by atoms with Crippen LogP contribution in [0.2, 0.25) is 10.0 Å². The molecule has 116 valence electrons. The summed E-state index contributed by atoms with van der Waals surface area (Å²) in [6.45, 7) is 0.565. The Morgan fingerprint density at radius 3 is 3.00 bits per heavy atom. The first-order valence-electron chi connectivity index (χ1n) is 6.82. The van der Waals surface area contributed by atoms with Gasteiger partial charge in [0.1, 0.15) is 11.6 Å². The molecule has 0 unspecified atom stereocenters. The molecule has 0 saturated carbocycles. The van der Waals surface area contributed by atoms with Crippen molar-refractivity contribution in [3.8, 4) is 0 Å². The number of amides is 1. The van der Waals surface area contributed by atoms with Gasteiger partial charge in [-0.1, -0.05) is 29.3 Å². The lowest BCUT2D eigenvalue weighted by atomic mass is 10.2. The molecule has 2 aromatic rings. The van der Waals surface area contributed by atoms with E-state index in [2.05, 4.69) is 5.10 Å². The zero-order valence-corrected chi connectivity index (χ0v) is 13.9. The summed E-state index contributed by atoms with van der Waals surface area (Å²) in [4.78, 5) is 27.5. The molecule has 0 N–H and O–H groups in total. The summed E-state index contributed by atoms with van der Waals surface area (Å²) in [5, 5.41) is 5.86. The minimum absolute atomic E-state index is 0.0889. The third kappa shape index (κ3) is 2.91. The second-order valence-corrected chi connectivity index (χ2v) is 6.79. The summed E-state index contributed by atoms with van der Waals surface area (Å²) in [7, 11) is 0. The lowest BCUT2D eigenvalue weighted by Crippen LogP contribution is -2.37. The number of carbonyl (C=O) groups is 1. The van der Waals surface area contributed by atoms with E-state index >= 15 is 0 Å². The largest absolute Gasteiger partial charge is 0.333 e. The zero-order chi connectivity index (χ0) is 15.7. The molecule has 1 amide bonds. The van der Waals surface area contributed by atoms with Gasteiger partial charge in [0.15, 0.2) is 0 Å². The van der Waals surface area contributed by atoms with Crippen molar-refractivity contribution in [3.63, 3.8) is 0 Å². The molecule has 0 aromatic carbocycles. The van der Waals surface area contributed by atoms with E-state index in [9.17, 15) is 9.59 Å². The van der Waals surface area contributed by atoms with Crippen LogP contribution in [0.1, 0.15) is 23.8 Å². The second-order valence-electron chi connectivity index (χ2n) is 5.03. The van der Waals surface area contributed by atoms with Crippen LogP contribution in [-0.2, 0) is 11.3 Å². The molecule has 8 heteroatoms. The van der Waals surface area contributed by atoms with E-state index < -0.39 is 5.56 Å². The summed E-state index contributed by atoms with van der Waals surface area (Å²) < 4.78 is 1.06. The van der Waals surface area contributed by atoms with Crippen LogP contribution in [0, 0.1) is 0 Å². The molecule has 5 nitrogen and oxygen atoms in total. The summed E-state index contributed by atoms with van der Waals surface area (Å²) in [6, 6.07) is 4.10. The monoisotopic (exact) mass is 357 g/mol. The first kappa shape index (κ1) is 15.5. The maximum atomic E-state index is 12.5. The normalized spacial score (nSPS) is 17.9. The standard InChI is InChI=1S/C14H13Cl2N3O2S/c15-9-7-17-19(14(21)13(9)16)8-12(20)18-5-1-3-10(18)11-4-2-6-22-11/h2,4,6-7,10H,1,3,5,8H2/t10-/m0/s1. The van der Waals surface area contributed by atoms with Gasteiger partial charge in [-0.05, 0) is 24.3 Å². The fourth-order valence-corrected chi connectivity index (χ4v) is 3.76. The average molecular weight is 358 g/mol. The van der Waals surface area contributed by atoms with Crippen LogP contribution in [0.15, 0.2) is 28.5 Å². The molecule has 0 bridgehead atoms. The smallest absolute Gasteiger partial charge is 0.287 e. The van der Waals surface area contributed by atoms with Crippen LogP contribution >= 0.6 is 34.5 Å². The molecule has 1 aliphatic rings.